The summed E-state index contributed by atoms with van der Waals surface area (Å²) in [4.78, 5) is 14.8. The average Bonchev–Trinajstić information content (AvgIpc) is 3.15. The number of amides is 1. The number of ether oxygens (including phenoxy) is 1. The number of hydrogen-bond donors (Lipinski definition) is 1. The van der Waals surface area contributed by atoms with Gasteiger partial charge in [0.05, 0.1) is 0 Å². The van der Waals surface area contributed by atoms with E-state index in [0.29, 0.717) is 17.3 Å². The van der Waals surface area contributed by atoms with Gasteiger partial charge < -0.3 is 10.1 Å². The number of carbonyl (C=O) groups excluding carboxylic acids is 1. The molecule has 1 saturated heterocycles. The zero-order chi connectivity index (χ0) is 18.4. The zero-order valence-electron chi connectivity index (χ0n) is 15.1. The maximum Gasteiger partial charge on any atom is 0.261 e. The van der Waals surface area contributed by atoms with Crippen LogP contribution in [0.25, 0.3) is 0 Å². The van der Waals surface area contributed by atoms with E-state index >= 15 is 0 Å². The lowest BCUT2D eigenvalue weighted by Crippen LogP contribution is -2.35. The van der Waals surface area contributed by atoms with Gasteiger partial charge in [-0.25, -0.2) is 0 Å². The van der Waals surface area contributed by atoms with Gasteiger partial charge in [0, 0.05) is 18.1 Å². The minimum absolute atomic E-state index is 0.134. The van der Waals surface area contributed by atoms with Crippen LogP contribution < -0.4 is 10.1 Å². The van der Waals surface area contributed by atoms with E-state index in [4.69, 9.17) is 16.3 Å². The van der Waals surface area contributed by atoms with E-state index in [2.05, 4.69) is 28.4 Å². The summed E-state index contributed by atoms with van der Waals surface area (Å²) in [5.41, 5.74) is 2.40. The van der Waals surface area contributed by atoms with Gasteiger partial charge in [0.1, 0.15) is 5.75 Å². The van der Waals surface area contributed by atoms with Gasteiger partial charge in [-0.3, -0.25) is 9.69 Å². The average molecular weight is 373 g/mol. The van der Waals surface area contributed by atoms with E-state index in [-0.39, 0.29) is 5.91 Å². The Morgan fingerprint density at radius 2 is 1.85 bits per heavy atom. The molecule has 2 aromatic rings. The summed E-state index contributed by atoms with van der Waals surface area (Å²) in [5.74, 6) is 0.495. The molecule has 0 saturated carbocycles. The molecule has 0 aromatic heterocycles. The van der Waals surface area contributed by atoms with Crippen LogP contribution in [0.15, 0.2) is 48.5 Å². The molecule has 1 heterocycles. The van der Waals surface area contributed by atoms with Gasteiger partial charge in [0.15, 0.2) is 6.10 Å². The van der Waals surface area contributed by atoms with Crippen LogP contribution in [0.2, 0.25) is 5.02 Å². The second-order valence-corrected chi connectivity index (χ2v) is 7.17. The summed E-state index contributed by atoms with van der Waals surface area (Å²) >= 11 is 5.86. The predicted molar refractivity (Wildman–Crippen MR) is 104 cm³/mol. The smallest absolute Gasteiger partial charge is 0.261 e. The summed E-state index contributed by atoms with van der Waals surface area (Å²) in [5, 5.41) is 3.59. The molecule has 1 atom stereocenters. The quantitative estimate of drug-likeness (QED) is 0.798. The van der Waals surface area contributed by atoms with Crippen molar-refractivity contribution in [3.05, 3.63) is 64.7 Å². The number of benzene rings is 2. The molecule has 138 valence electrons. The maximum atomic E-state index is 12.3. The number of hydrogen-bond acceptors (Lipinski definition) is 3. The molecule has 0 unspecified atom stereocenters. The molecule has 0 radical (unpaired) electrons. The Labute approximate surface area is 160 Å². The first-order valence-electron chi connectivity index (χ1n) is 9.10. The number of nitrogens with one attached hydrogen (secondary N) is 1. The standard InChI is InChI=1S/C21H25ClN2O2/c1-16(26-20-9-7-19(22)8-10-20)21(25)23-14-17-5-4-6-18(13-17)15-24-11-2-3-12-24/h4-10,13,16H,2-3,11-12,14-15H2,1H3,(H,23,25)/t16-/m0/s1. The predicted octanol–water partition coefficient (Wildman–Crippen LogP) is 4.02. The Balaban J connectivity index is 1.49. The highest BCUT2D eigenvalue weighted by atomic mass is 35.5. The van der Waals surface area contributed by atoms with Gasteiger partial charge in [0.25, 0.3) is 5.91 Å². The molecule has 1 amide bonds. The van der Waals surface area contributed by atoms with E-state index in [0.717, 1.165) is 12.1 Å². The van der Waals surface area contributed by atoms with E-state index in [1.54, 1.807) is 31.2 Å². The largest absolute Gasteiger partial charge is 0.481 e. The van der Waals surface area contributed by atoms with E-state index in [1.165, 1.54) is 31.5 Å². The van der Waals surface area contributed by atoms with E-state index in [9.17, 15) is 4.79 Å². The van der Waals surface area contributed by atoms with Crippen LogP contribution in [0.5, 0.6) is 5.75 Å². The van der Waals surface area contributed by atoms with Gasteiger partial charge in [-0.15, -0.1) is 0 Å². The molecular weight excluding hydrogens is 348 g/mol. The van der Waals surface area contributed by atoms with Crippen molar-refractivity contribution in [2.24, 2.45) is 0 Å². The highest BCUT2D eigenvalue weighted by Crippen LogP contribution is 2.17. The van der Waals surface area contributed by atoms with Crippen molar-refractivity contribution in [3.63, 3.8) is 0 Å². The Morgan fingerprint density at radius 3 is 2.58 bits per heavy atom. The Bertz CT molecular complexity index is 727. The molecule has 1 N–H and O–H groups in total. The van der Waals surface area contributed by atoms with Crippen LogP contribution in [0.1, 0.15) is 30.9 Å². The Kier molecular flexibility index (Phi) is 6.53. The minimum atomic E-state index is -0.566. The number of carbonyl (C=O) groups is 1. The summed E-state index contributed by atoms with van der Waals surface area (Å²) in [6, 6.07) is 15.4. The highest BCUT2D eigenvalue weighted by Gasteiger charge is 2.15. The van der Waals surface area contributed by atoms with Crippen molar-refractivity contribution < 1.29 is 9.53 Å². The monoisotopic (exact) mass is 372 g/mol. The fourth-order valence-corrected chi connectivity index (χ4v) is 3.27. The normalized spacial score (nSPS) is 15.6. The molecule has 4 nitrogen and oxygen atoms in total. The zero-order valence-corrected chi connectivity index (χ0v) is 15.8. The number of halogens is 1. The lowest BCUT2D eigenvalue weighted by atomic mass is 10.1. The van der Waals surface area contributed by atoms with Gasteiger partial charge >= 0.3 is 0 Å². The van der Waals surface area contributed by atoms with E-state index in [1.807, 2.05) is 6.07 Å². The fraction of sp³-hybridized carbons (Fsp3) is 0.381. The lowest BCUT2D eigenvalue weighted by Gasteiger charge is -2.16. The molecule has 3 rings (SSSR count). The molecule has 0 aliphatic carbocycles. The van der Waals surface area contributed by atoms with Crippen molar-refractivity contribution in [2.75, 3.05) is 13.1 Å². The molecule has 26 heavy (non-hydrogen) atoms. The third-order valence-corrected chi connectivity index (χ3v) is 4.81. The number of rotatable bonds is 7. The van der Waals surface area contributed by atoms with Crippen molar-refractivity contribution >= 4 is 17.5 Å². The number of nitrogens with zero attached hydrogens (tertiary/aromatic N) is 1. The molecule has 5 heteroatoms. The molecule has 0 bridgehead atoms. The molecule has 0 spiro atoms. The Morgan fingerprint density at radius 1 is 1.15 bits per heavy atom. The first kappa shape index (κ1) is 18.7. The van der Waals surface area contributed by atoms with Crippen molar-refractivity contribution in [2.45, 2.75) is 39.0 Å². The van der Waals surface area contributed by atoms with Gasteiger partial charge in [0.2, 0.25) is 0 Å². The topological polar surface area (TPSA) is 41.6 Å². The summed E-state index contributed by atoms with van der Waals surface area (Å²) in [6.07, 6.45) is 2.02. The Hall–Kier alpha value is -2.04. The molecule has 2 aromatic carbocycles. The first-order valence-corrected chi connectivity index (χ1v) is 9.48. The SMILES string of the molecule is C[C@H](Oc1ccc(Cl)cc1)C(=O)NCc1cccc(CN2CCCC2)c1. The van der Waals surface area contributed by atoms with Crippen LogP contribution in [0, 0.1) is 0 Å². The second-order valence-electron chi connectivity index (χ2n) is 6.74. The van der Waals surface area contributed by atoms with Crippen LogP contribution >= 0.6 is 11.6 Å². The van der Waals surface area contributed by atoms with Crippen LogP contribution in [0.4, 0.5) is 0 Å². The van der Waals surface area contributed by atoms with Crippen LogP contribution in [-0.2, 0) is 17.9 Å². The van der Waals surface area contributed by atoms with Crippen molar-refractivity contribution in [1.29, 1.82) is 0 Å². The molecule has 1 aliphatic rings. The van der Waals surface area contributed by atoms with Gasteiger partial charge in [-0.1, -0.05) is 35.9 Å². The number of likely N-dealkylation sites (tertiary alicyclic amines) is 1. The van der Waals surface area contributed by atoms with Crippen molar-refractivity contribution in [1.82, 2.24) is 10.2 Å². The van der Waals surface area contributed by atoms with Crippen LogP contribution in [0.3, 0.4) is 0 Å². The lowest BCUT2D eigenvalue weighted by molar-refractivity contribution is -0.127. The minimum Gasteiger partial charge on any atom is -0.481 e. The van der Waals surface area contributed by atoms with Gasteiger partial charge in [-0.2, -0.15) is 0 Å². The maximum absolute atomic E-state index is 12.3. The summed E-state index contributed by atoms with van der Waals surface area (Å²) in [7, 11) is 0. The second kappa shape index (κ2) is 9.06. The summed E-state index contributed by atoms with van der Waals surface area (Å²) < 4.78 is 5.65. The summed E-state index contributed by atoms with van der Waals surface area (Å²) in [6.45, 7) is 5.59. The van der Waals surface area contributed by atoms with Crippen molar-refractivity contribution in [3.8, 4) is 5.75 Å². The highest BCUT2D eigenvalue weighted by molar-refractivity contribution is 6.30. The first-order chi connectivity index (χ1) is 12.6. The fourth-order valence-electron chi connectivity index (χ4n) is 3.14. The third-order valence-electron chi connectivity index (χ3n) is 4.56. The molecular formula is C21H25ClN2O2. The van der Waals surface area contributed by atoms with E-state index < -0.39 is 6.10 Å². The molecule has 1 aliphatic heterocycles. The van der Waals surface area contributed by atoms with Crippen LogP contribution in [-0.4, -0.2) is 30.0 Å². The third kappa shape index (κ3) is 5.48. The van der Waals surface area contributed by atoms with Gasteiger partial charge in [-0.05, 0) is 68.2 Å². The molecule has 1 fully saturated rings.